The lowest BCUT2D eigenvalue weighted by atomic mass is 10.2. The first-order valence-corrected chi connectivity index (χ1v) is 8.81. The number of carbonyl (C=O) groups is 1. The van der Waals surface area contributed by atoms with Crippen LogP contribution >= 0.6 is 34.7 Å². The van der Waals surface area contributed by atoms with Crippen molar-refractivity contribution >= 4 is 46.5 Å². The lowest BCUT2D eigenvalue weighted by molar-refractivity contribution is -0.739. The predicted molar refractivity (Wildman–Crippen MR) is 89.6 cm³/mol. The number of aryl methyl sites for hydroxylation is 1. The van der Waals surface area contributed by atoms with Gasteiger partial charge in [0.2, 0.25) is 5.91 Å². The van der Waals surface area contributed by atoms with Gasteiger partial charge in [-0.15, -0.1) is 11.3 Å². The molecule has 0 aliphatic heterocycles. The Balaban J connectivity index is 1.56. The molecule has 0 spiro atoms. The third-order valence-electron chi connectivity index (χ3n) is 2.78. The van der Waals surface area contributed by atoms with Crippen LogP contribution in [0.5, 0.6) is 0 Å². The van der Waals surface area contributed by atoms with E-state index in [0.717, 1.165) is 15.6 Å². The molecule has 1 amide bonds. The third-order valence-corrected chi connectivity index (χ3v) is 5.06. The van der Waals surface area contributed by atoms with Gasteiger partial charge in [-0.05, 0) is 12.1 Å². The summed E-state index contributed by atoms with van der Waals surface area (Å²) in [6, 6.07) is 7.49. The zero-order valence-corrected chi connectivity index (χ0v) is 14.4. The van der Waals surface area contributed by atoms with Crippen molar-refractivity contribution in [1.29, 1.82) is 0 Å². The van der Waals surface area contributed by atoms with Gasteiger partial charge < -0.3 is 0 Å². The number of nitrogens with one attached hydrogen (secondary N) is 1. The van der Waals surface area contributed by atoms with Gasteiger partial charge in [0, 0.05) is 16.0 Å². The van der Waals surface area contributed by atoms with Crippen LogP contribution < -0.4 is 10.00 Å². The Morgan fingerprint density at radius 2 is 2.22 bits per heavy atom. The van der Waals surface area contributed by atoms with Gasteiger partial charge in [0.25, 0.3) is 6.20 Å². The number of carbonyl (C=O) groups excluding carboxylic acids is 1. The summed E-state index contributed by atoms with van der Waals surface area (Å²) in [6.45, 7) is 0. The summed E-state index contributed by atoms with van der Waals surface area (Å²) < 4.78 is 7.21. The minimum absolute atomic E-state index is 0.171. The van der Waals surface area contributed by atoms with Crippen molar-refractivity contribution < 1.29 is 14.0 Å². The molecule has 3 rings (SSSR count). The highest BCUT2D eigenvalue weighted by Crippen LogP contribution is 2.28. The average molecular weight is 368 g/mol. The number of anilines is 1. The summed E-state index contributed by atoms with van der Waals surface area (Å²) in [5, 5.41) is 8.91. The quantitative estimate of drug-likeness (QED) is 0.554. The minimum Gasteiger partial charge on any atom is -0.288 e. The zero-order chi connectivity index (χ0) is 16.2. The van der Waals surface area contributed by atoms with Gasteiger partial charge in [-0.25, -0.2) is 4.98 Å². The molecule has 0 bridgehead atoms. The summed E-state index contributed by atoms with van der Waals surface area (Å²) in [5.74, 6) is 0.395. The van der Waals surface area contributed by atoms with Crippen LogP contribution in [-0.2, 0) is 11.8 Å². The smallest absolute Gasteiger partial charge is 0.288 e. The molecule has 3 aromatic rings. The fourth-order valence-corrected chi connectivity index (χ4v) is 3.52. The van der Waals surface area contributed by atoms with E-state index in [0.29, 0.717) is 10.9 Å². The Morgan fingerprint density at radius 3 is 2.91 bits per heavy atom. The second-order valence-electron chi connectivity index (χ2n) is 4.58. The van der Waals surface area contributed by atoms with E-state index in [1.54, 1.807) is 13.2 Å². The maximum absolute atomic E-state index is 11.8. The van der Waals surface area contributed by atoms with E-state index in [-0.39, 0.29) is 11.7 Å². The molecule has 1 N–H and O–H groups in total. The molecule has 9 heteroatoms. The van der Waals surface area contributed by atoms with Gasteiger partial charge in [-0.3, -0.25) is 14.6 Å². The van der Waals surface area contributed by atoms with Crippen molar-refractivity contribution in [2.24, 2.45) is 7.05 Å². The molecule has 23 heavy (non-hydrogen) atoms. The molecule has 6 nitrogen and oxygen atoms in total. The summed E-state index contributed by atoms with van der Waals surface area (Å²) in [6.07, 6.45) is 1.59. The molecule has 0 atom stereocenters. The molecule has 2 heterocycles. The summed E-state index contributed by atoms with van der Waals surface area (Å²) >= 11 is 8.75. The highest BCUT2D eigenvalue weighted by molar-refractivity contribution is 8.01. The Labute approximate surface area is 145 Å². The second-order valence-corrected chi connectivity index (χ2v) is 7.10. The molecule has 0 fully saturated rings. The van der Waals surface area contributed by atoms with Crippen LogP contribution in [0.1, 0.15) is 0 Å². The van der Waals surface area contributed by atoms with Crippen molar-refractivity contribution in [2.45, 2.75) is 4.34 Å². The van der Waals surface area contributed by atoms with Gasteiger partial charge in [0.15, 0.2) is 16.7 Å². The van der Waals surface area contributed by atoms with E-state index in [9.17, 15) is 4.79 Å². The molecule has 1 aromatic carbocycles. The lowest BCUT2D eigenvalue weighted by Crippen LogP contribution is -2.28. The highest BCUT2D eigenvalue weighted by Gasteiger charge is 2.12. The summed E-state index contributed by atoms with van der Waals surface area (Å²) in [5.41, 5.74) is 1.87. The third kappa shape index (κ3) is 4.31. The van der Waals surface area contributed by atoms with Gasteiger partial charge >= 0.3 is 5.88 Å². The Morgan fingerprint density at radius 1 is 1.43 bits per heavy atom. The normalized spacial score (nSPS) is 10.7. The van der Waals surface area contributed by atoms with Gasteiger partial charge in [-0.1, -0.05) is 40.2 Å². The number of rotatable bonds is 5. The van der Waals surface area contributed by atoms with Crippen molar-refractivity contribution in [3.05, 3.63) is 40.9 Å². The van der Waals surface area contributed by atoms with E-state index in [4.69, 9.17) is 16.1 Å². The molecule has 0 aliphatic carbocycles. The summed E-state index contributed by atoms with van der Waals surface area (Å²) in [7, 11) is 1.71. The summed E-state index contributed by atoms with van der Waals surface area (Å²) in [4.78, 5) is 16.4. The van der Waals surface area contributed by atoms with Crippen LogP contribution in [0.2, 0.25) is 5.02 Å². The zero-order valence-electron chi connectivity index (χ0n) is 12.0. The van der Waals surface area contributed by atoms with Crippen molar-refractivity contribution in [3.8, 4) is 11.3 Å². The number of thioether (sulfide) groups is 1. The van der Waals surface area contributed by atoms with E-state index in [1.165, 1.54) is 27.8 Å². The molecule has 0 saturated carbocycles. The predicted octanol–water partition coefficient (Wildman–Crippen LogP) is 3.01. The molecular formula is C14H12ClN4O2S2+. The number of amides is 1. The van der Waals surface area contributed by atoms with E-state index in [1.807, 2.05) is 29.6 Å². The van der Waals surface area contributed by atoms with Gasteiger partial charge in [0.05, 0.1) is 11.4 Å². The SMILES string of the molecule is C[n+]1cc(NC(=O)CSc2nc(-c3ccc(Cl)cc3)cs2)on1. The Hall–Kier alpha value is -1.90. The lowest BCUT2D eigenvalue weighted by Gasteiger charge is -1.98. The van der Waals surface area contributed by atoms with Crippen LogP contribution in [0.3, 0.4) is 0 Å². The molecule has 0 saturated heterocycles. The molecule has 0 radical (unpaired) electrons. The first-order chi connectivity index (χ1) is 11.1. The van der Waals surface area contributed by atoms with E-state index < -0.39 is 0 Å². The van der Waals surface area contributed by atoms with Gasteiger partial charge in [-0.2, -0.15) is 0 Å². The topological polar surface area (TPSA) is 71.9 Å². The van der Waals surface area contributed by atoms with Gasteiger partial charge in [0.1, 0.15) is 0 Å². The highest BCUT2D eigenvalue weighted by atomic mass is 35.5. The van der Waals surface area contributed by atoms with Crippen LogP contribution in [0.15, 0.2) is 44.7 Å². The monoisotopic (exact) mass is 367 g/mol. The Bertz CT molecular complexity index is 816. The van der Waals surface area contributed by atoms with Crippen molar-refractivity contribution in [2.75, 3.05) is 11.1 Å². The van der Waals surface area contributed by atoms with Crippen LogP contribution in [0, 0.1) is 0 Å². The molecule has 0 aliphatic rings. The number of halogens is 1. The van der Waals surface area contributed by atoms with Crippen LogP contribution in [0.25, 0.3) is 11.3 Å². The van der Waals surface area contributed by atoms with Crippen molar-refractivity contribution in [1.82, 2.24) is 10.3 Å². The molecule has 0 unspecified atom stereocenters. The first kappa shape index (κ1) is 16.0. The largest absolute Gasteiger partial charge is 0.302 e. The standard InChI is InChI=1S/C14H11ClN4O2S2/c1-19-6-13(21-18-19)17-12(20)8-23-14-16-11(7-22-14)9-2-4-10(15)5-3-9/h2-7H,8H2,1H3/p+1. The number of thiazole rings is 1. The second kappa shape index (κ2) is 7.12. The molecular weight excluding hydrogens is 356 g/mol. The number of hydrogen-bond acceptors (Lipinski definition) is 6. The van der Waals surface area contributed by atoms with Crippen LogP contribution in [-0.4, -0.2) is 21.9 Å². The van der Waals surface area contributed by atoms with E-state index in [2.05, 4.69) is 15.6 Å². The number of aromatic nitrogens is 3. The number of benzene rings is 1. The Kier molecular flexibility index (Phi) is 4.94. The van der Waals surface area contributed by atoms with Crippen LogP contribution in [0.4, 0.5) is 5.88 Å². The fourth-order valence-electron chi connectivity index (χ4n) is 1.76. The molecule has 2 aromatic heterocycles. The molecule has 118 valence electrons. The number of hydrogen-bond donors (Lipinski definition) is 1. The average Bonchev–Trinajstić information content (AvgIpc) is 3.15. The number of nitrogens with zero attached hydrogens (tertiary/aromatic N) is 3. The maximum atomic E-state index is 11.8. The maximum Gasteiger partial charge on any atom is 0.302 e. The van der Waals surface area contributed by atoms with E-state index >= 15 is 0 Å². The first-order valence-electron chi connectivity index (χ1n) is 6.57. The van der Waals surface area contributed by atoms with Crippen molar-refractivity contribution in [3.63, 3.8) is 0 Å². The minimum atomic E-state index is -0.171. The fraction of sp³-hybridized carbons (Fsp3) is 0.143.